The number of pyridine rings is 2. The zero-order valence-corrected chi connectivity index (χ0v) is 17.2. The molecule has 2 heterocycles. The zero-order valence-electron chi connectivity index (χ0n) is 17.2. The van der Waals surface area contributed by atoms with Gasteiger partial charge >= 0.3 is 0 Å². The molecule has 0 aliphatic rings. The van der Waals surface area contributed by atoms with Crippen LogP contribution < -0.4 is 16.7 Å². The van der Waals surface area contributed by atoms with Crippen LogP contribution in [0.15, 0.2) is 58.6 Å². The highest BCUT2D eigenvalue weighted by atomic mass is 16.2. The Bertz CT molecular complexity index is 1090. The van der Waals surface area contributed by atoms with Crippen LogP contribution >= 0.6 is 0 Å². The number of para-hydroxylation sites is 1. The lowest BCUT2D eigenvalue weighted by Gasteiger charge is -2.15. The highest BCUT2D eigenvalue weighted by Gasteiger charge is 2.20. The second-order valence-electron chi connectivity index (χ2n) is 7.13. The minimum Gasteiger partial charge on any atom is -0.397 e. The van der Waals surface area contributed by atoms with Gasteiger partial charge in [-0.05, 0) is 24.6 Å². The standard InChI is InChI=1S/C23H27N5O2/c1-2-3-4-5-10-15-28-19-13-7-6-12-18(19)21(24)20(23(28)30)22(29)27-26-16-17-11-8-9-14-25-17/h6-9,11-14,16H,2-5,10,15,24H2,1H3,(H,27,29). The van der Waals surface area contributed by atoms with Crippen LogP contribution in [-0.2, 0) is 6.54 Å². The van der Waals surface area contributed by atoms with Crippen LogP contribution in [0, 0.1) is 0 Å². The summed E-state index contributed by atoms with van der Waals surface area (Å²) in [4.78, 5) is 30.0. The Kier molecular flexibility index (Phi) is 7.32. The molecule has 0 bridgehead atoms. The molecule has 1 amide bonds. The molecular formula is C23H27N5O2. The van der Waals surface area contributed by atoms with E-state index in [-0.39, 0.29) is 11.3 Å². The third-order valence-corrected chi connectivity index (χ3v) is 4.98. The monoisotopic (exact) mass is 405 g/mol. The highest BCUT2D eigenvalue weighted by molar-refractivity contribution is 6.06. The number of carbonyl (C=O) groups is 1. The molecule has 156 valence electrons. The second-order valence-corrected chi connectivity index (χ2v) is 7.13. The number of nitrogens with one attached hydrogen (secondary N) is 1. The van der Waals surface area contributed by atoms with Crippen molar-refractivity contribution in [3.63, 3.8) is 0 Å². The van der Waals surface area contributed by atoms with Gasteiger partial charge in [0, 0.05) is 18.1 Å². The maximum atomic E-state index is 13.2. The van der Waals surface area contributed by atoms with Gasteiger partial charge in [0.2, 0.25) is 0 Å². The average molecular weight is 406 g/mol. The van der Waals surface area contributed by atoms with Crippen molar-refractivity contribution in [3.05, 3.63) is 70.3 Å². The molecule has 2 aromatic heterocycles. The third kappa shape index (κ3) is 4.92. The van der Waals surface area contributed by atoms with Crippen molar-refractivity contribution in [2.45, 2.75) is 45.6 Å². The van der Waals surface area contributed by atoms with Gasteiger partial charge in [0.25, 0.3) is 11.5 Å². The quantitative estimate of drug-likeness (QED) is 0.322. The van der Waals surface area contributed by atoms with Crippen molar-refractivity contribution in [3.8, 4) is 0 Å². The topological polar surface area (TPSA) is 102 Å². The molecule has 30 heavy (non-hydrogen) atoms. The molecule has 0 radical (unpaired) electrons. The summed E-state index contributed by atoms with van der Waals surface area (Å²) >= 11 is 0. The summed E-state index contributed by atoms with van der Waals surface area (Å²) in [5.74, 6) is -0.629. The number of aromatic nitrogens is 2. The summed E-state index contributed by atoms with van der Waals surface area (Å²) < 4.78 is 1.65. The van der Waals surface area contributed by atoms with Gasteiger partial charge in [-0.2, -0.15) is 5.10 Å². The minimum atomic E-state index is -0.629. The Balaban J connectivity index is 1.88. The van der Waals surface area contributed by atoms with E-state index in [1.807, 2.05) is 30.3 Å². The summed E-state index contributed by atoms with van der Waals surface area (Å²) in [7, 11) is 0. The van der Waals surface area contributed by atoms with Crippen LogP contribution in [-0.4, -0.2) is 21.7 Å². The molecule has 0 atom stereocenters. The molecule has 7 heteroatoms. The lowest BCUT2D eigenvalue weighted by Crippen LogP contribution is -2.33. The number of benzene rings is 1. The number of nitrogen functional groups attached to an aromatic ring is 1. The van der Waals surface area contributed by atoms with Crippen molar-refractivity contribution in [1.82, 2.24) is 15.0 Å². The number of anilines is 1. The number of hydrazone groups is 1. The summed E-state index contributed by atoms with van der Waals surface area (Å²) in [6.07, 6.45) is 8.42. The number of nitrogens with two attached hydrogens (primary N) is 1. The van der Waals surface area contributed by atoms with Gasteiger partial charge in [-0.15, -0.1) is 0 Å². The van der Waals surface area contributed by atoms with Crippen molar-refractivity contribution in [1.29, 1.82) is 0 Å². The van der Waals surface area contributed by atoms with Crippen LogP contribution in [0.2, 0.25) is 0 Å². The van der Waals surface area contributed by atoms with Crippen molar-refractivity contribution in [2.75, 3.05) is 5.73 Å². The molecule has 0 aliphatic heterocycles. The number of nitrogens with zero attached hydrogens (tertiary/aromatic N) is 3. The van der Waals surface area contributed by atoms with E-state index in [2.05, 4.69) is 22.4 Å². The summed E-state index contributed by atoms with van der Waals surface area (Å²) in [6, 6.07) is 12.8. The fraction of sp³-hybridized carbons (Fsp3) is 0.304. The van der Waals surface area contributed by atoms with Crippen molar-refractivity contribution in [2.24, 2.45) is 5.10 Å². The Hall–Kier alpha value is -3.48. The van der Waals surface area contributed by atoms with E-state index in [1.165, 1.54) is 12.6 Å². The van der Waals surface area contributed by atoms with Crippen LogP contribution in [0.5, 0.6) is 0 Å². The molecule has 3 N–H and O–H groups in total. The smallest absolute Gasteiger partial charge is 0.279 e. The summed E-state index contributed by atoms with van der Waals surface area (Å²) in [5.41, 5.74) is 9.65. The van der Waals surface area contributed by atoms with E-state index >= 15 is 0 Å². The summed E-state index contributed by atoms with van der Waals surface area (Å²) in [5, 5.41) is 4.60. The van der Waals surface area contributed by atoms with Gasteiger partial charge < -0.3 is 10.3 Å². The van der Waals surface area contributed by atoms with Crippen molar-refractivity contribution < 1.29 is 4.79 Å². The number of hydrogen-bond donors (Lipinski definition) is 2. The molecule has 1 aromatic carbocycles. The Labute approximate surface area is 175 Å². The fourth-order valence-electron chi connectivity index (χ4n) is 3.41. The second kappa shape index (κ2) is 10.3. The largest absolute Gasteiger partial charge is 0.397 e. The number of hydrogen-bond acceptors (Lipinski definition) is 5. The first-order valence-corrected chi connectivity index (χ1v) is 10.3. The van der Waals surface area contributed by atoms with Crippen LogP contribution in [0.3, 0.4) is 0 Å². The summed E-state index contributed by atoms with van der Waals surface area (Å²) in [6.45, 7) is 2.71. The Morgan fingerprint density at radius 2 is 1.90 bits per heavy atom. The molecule has 7 nitrogen and oxygen atoms in total. The Morgan fingerprint density at radius 1 is 1.13 bits per heavy atom. The molecule has 0 saturated heterocycles. The van der Waals surface area contributed by atoms with Crippen LogP contribution in [0.4, 0.5) is 5.69 Å². The van der Waals surface area contributed by atoms with E-state index in [1.54, 1.807) is 22.9 Å². The number of rotatable bonds is 9. The van der Waals surface area contributed by atoms with E-state index in [4.69, 9.17) is 5.73 Å². The first-order valence-electron chi connectivity index (χ1n) is 10.3. The first-order chi connectivity index (χ1) is 14.6. The minimum absolute atomic E-state index is 0.0829. The van der Waals surface area contributed by atoms with Gasteiger partial charge in [0.05, 0.1) is 23.1 Å². The van der Waals surface area contributed by atoms with Crippen LogP contribution in [0.25, 0.3) is 10.9 Å². The highest BCUT2D eigenvalue weighted by Crippen LogP contribution is 2.22. The predicted molar refractivity (Wildman–Crippen MR) is 121 cm³/mol. The van der Waals surface area contributed by atoms with Gasteiger partial charge in [-0.25, -0.2) is 5.43 Å². The molecule has 0 aliphatic carbocycles. The normalized spacial score (nSPS) is 11.2. The molecule has 0 saturated carbocycles. The van der Waals surface area contributed by atoms with E-state index in [9.17, 15) is 9.59 Å². The lowest BCUT2D eigenvalue weighted by atomic mass is 10.1. The molecule has 3 rings (SSSR count). The number of carbonyl (C=O) groups excluding carboxylic acids is 1. The molecule has 0 spiro atoms. The molecule has 0 fully saturated rings. The van der Waals surface area contributed by atoms with Crippen molar-refractivity contribution >= 4 is 28.7 Å². The Morgan fingerprint density at radius 3 is 2.67 bits per heavy atom. The number of amides is 1. The predicted octanol–water partition coefficient (Wildman–Crippen LogP) is 3.71. The molecule has 3 aromatic rings. The fourth-order valence-corrected chi connectivity index (χ4v) is 3.41. The molecule has 0 unspecified atom stereocenters. The van der Waals surface area contributed by atoms with Gasteiger partial charge in [-0.1, -0.05) is 56.9 Å². The third-order valence-electron chi connectivity index (χ3n) is 4.98. The van der Waals surface area contributed by atoms with Gasteiger partial charge in [0.15, 0.2) is 0 Å². The number of unbranched alkanes of at least 4 members (excludes halogenated alkanes) is 4. The SMILES string of the molecule is CCCCCCCn1c(=O)c(C(=O)NN=Cc2ccccn2)c(N)c2ccccc21. The molecular weight excluding hydrogens is 378 g/mol. The average Bonchev–Trinajstić information content (AvgIpc) is 2.76. The van der Waals surface area contributed by atoms with E-state index in [0.29, 0.717) is 17.6 Å². The van der Waals surface area contributed by atoms with Gasteiger partial charge in [-0.3, -0.25) is 14.6 Å². The number of aryl methyl sites for hydroxylation is 1. The first kappa shape index (κ1) is 21.2. The zero-order chi connectivity index (χ0) is 21.3. The van der Waals surface area contributed by atoms with Gasteiger partial charge in [0.1, 0.15) is 5.56 Å². The van der Waals surface area contributed by atoms with E-state index < -0.39 is 11.5 Å². The van der Waals surface area contributed by atoms with E-state index in [0.717, 1.165) is 31.2 Å². The maximum absolute atomic E-state index is 13.2. The number of fused-ring (bicyclic) bond motifs is 1. The lowest BCUT2D eigenvalue weighted by molar-refractivity contribution is 0.0954. The van der Waals surface area contributed by atoms with Crippen LogP contribution in [0.1, 0.15) is 55.1 Å². The maximum Gasteiger partial charge on any atom is 0.279 e.